The minimum absolute atomic E-state index is 0.0839. The third-order valence-electron chi connectivity index (χ3n) is 6.90. The molecule has 0 aromatic heterocycles. The van der Waals surface area contributed by atoms with E-state index >= 15 is 0 Å². The van der Waals surface area contributed by atoms with Gasteiger partial charge in [-0.25, -0.2) is 4.57 Å². The molecule has 0 saturated heterocycles. The maximum absolute atomic E-state index is 12.3. The van der Waals surface area contributed by atoms with Crippen molar-refractivity contribution < 1.29 is 37.3 Å². The molecule has 9 heteroatoms. The Labute approximate surface area is 276 Å². The summed E-state index contributed by atoms with van der Waals surface area (Å²) in [5.41, 5.74) is 0. The van der Waals surface area contributed by atoms with Gasteiger partial charge >= 0.3 is 13.8 Å². The van der Waals surface area contributed by atoms with Gasteiger partial charge in [-0.15, -0.1) is 0 Å². The third-order valence-corrected chi connectivity index (χ3v) is 7.89. The van der Waals surface area contributed by atoms with E-state index < -0.39 is 13.9 Å². The Kier molecular flexibility index (Phi) is 28.8. The molecule has 0 fully saturated rings. The lowest BCUT2D eigenvalue weighted by Gasteiger charge is -2.24. The van der Waals surface area contributed by atoms with Crippen molar-refractivity contribution in [2.45, 2.75) is 123 Å². The highest BCUT2D eigenvalue weighted by molar-refractivity contribution is 7.47. The van der Waals surface area contributed by atoms with Gasteiger partial charge in [0.25, 0.3) is 0 Å². The SMILES string of the molecule is CC/C=C\C/C=C\C/C=C\C/C=C\CCCCCCCCCOCC(COP(=O)(O)OCC[N+](C)(C)C)OC(=O)CCCCC. The number of quaternary nitrogens is 1. The Morgan fingerprint density at radius 2 is 1.29 bits per heavy atom. The van der Waals surface area contributed by atoms with Crippen LogP contribution in [0.2, 0.25) is 0 Å². The van der Waals surface area contributed by atoms with Gasteiger partial charge in [-0.3, -0.25) is 13.8 Å². The van der Waals surface area contributed by atoms with Crippen molar-refractivity contribution in [2.24, 2.45) is 0 Å². The molecule has 0 aliphatic rings. The van der Waals surface area contributed by atoms with E-state index in [4.69, 9.17) is 18.5 Å². The summed E-state index contributed by atoms with van der Waals surface area (Å²) in [6.45, 7) is 5.28. The van der Waals surface area contributed by atoms with Gasteiger partial charge in [-0.1, -0.05) is 107 Å². The summed E-state index contributed by atoms with van der Waals surface area (Å²) in [6, 6.07) is 0. The number of nitrogens with zero attached hydrogens (tertiary/aromatic N) is 1. The van der Waals surface area contributed by atoms with E-state index in [1.165, 1.54) is 32.1 Å². The van der Waals surface area contributed by atoms with E-state index in [-0.39, 0.29) is 25.8 Å². The first-order chi connectivity index (χ1) is 21.6. The highest BCUT2D eigenvalue weighted by atomic mass is 31.2. The van der Waals surface area contributed by atoms with Crippen molar-refractivity contribution in [1.29, 1.82) is 0 Å². The second-order valence-electron chi connectivity index (χ2n) is 12.5. The Morgan fingerprint density at radius 1 is 0.711 bits per heavy atom. The Hall–Kier alpha value is -1.54. The highest BCUT2D eigenvalue weighted by Crippen LogP contribution is 2.43. The largest absolute Gasteiger partial charge is 0.472 e. The van der Waals surface area contributed by atoms with Gasteiger partial charge in [0.2, 0.25) is 0 Å². The normalized spacial score (nSPS) is 14.7. The molecule has 2 unspecified atom stereocenters. The van der Waals surface area contributed by atoms with Crippen LogP contribution in [0.5, 0.6) is 0 Å². The van der Waals surface area contributed by atoms with Crippen LogP contribution in [0.4, 0.5) is 0 Å². The Morgan fingerprint density at radius 3 is 1.89 bits per heavy atom. The number of esters is 1. The fraction of sp³-hybridized carbons (Fsp3) is 0.750. The van der Waals surface area contributed by atoms with Crippen molar-refractivity contribution in [3.8, 4) is 0 Å². The molecule has 0 rings (SSSR count). The topological polar surface area (TPSA) is 91.3 Å². The summed E-state index contributed by atoms with van der Waals surface area (Å²) in [6.07, 6.45) is 33.6. The molecule has 0 aliphatic carbocycles. The fourth-order valence-electron chi connectivity index (χ4n) is 4.19. The standard InChI is InChI=1S/C36H66NO7P/c1-6-8-10-11-12-13-14-15-16-17-18-19-20-21-22-23-24-25-26-28-31-41-33-35(44-36(38)29-27-9-7-2)34-43-45(39,40)42-32-30-37(3,4)5/h8,10,12-13,15-16,18-19,35H,6-7,9,11,14,17,20-34H2,1-5H3/p+1/b10-8-,13-12-,16-15-,19-18-. The zero-order chi connectivity index (χ0) is 33.5. The third kappa shape index (κ3) is 33.6. The molecule has 0 bridgehead atoms. The van der Waals surface area contributed by atoms with E-state index in [1.54, 1.807) is 0 Å². The van der Waals surface area contributed by atoms with Crippen LogP contribution in [0.1, 0.15) is 117 Å². The molecule has 8 nitrogen and oxygen atoms in total. The number of phosphoric acid groups is 1. The summed E-state index contributed by atoms with van der Waals surface area (Å²) < 4.78 is 34.4. The van der Waals surface area contributed by atoms with Crippen molar-refractivity contribution >= 4 is 13.8 Å². The van der Waals surface area contributed by atoms with Crippen molar-refractivity contribution in [2.75, 3.05) is 54.1 Å². The Balaban J connectivity index is 4.04. The molecular weight excluding hydrogens is 589 g/mol. The summed E-state index contributed by atoms with van der Waals surface area (Å²) >= 11 is 0. The second kappa shape index (κ2) is 29.8. The van der Waals surface area contributed by atoms with Gasteiger partial charge in [0.1, 0.15) is 19.3 Å². The smallest absolute Gasteiger partial charge is 0.457 e. The molecule has 0 amide bonds. The molecule has 1 N–H and O–H groups in total. The predicted molar refractivity (Wildman–Crippen MR) is 187 cm³/mol. The molecule has 2 atom stereocenters. The van der Waals surface area contributed by atoms with E-state index in [0.717, 1.165) is 64.2 Å². The van der Waals surface area contributed by atoms with Gasteiger partial charge in [-0.2, -0.15) is 0 Å². The van der Waals surface area contributed by atoms with E-state index in [2.05, 4.69) is 62.5 Å². The van der Waals surface area contributed by atoms with E-state index in [9.17, 15) is 14.3 Å². The van der Waals surface area contributed by atoms with Gasteiger partial charge in [0.15, 0.2) is 0 Å². The quantitative estimate of drug-likeness (QED) is 0.0261. The van der Waals surface area contributed by atoms with Crippen LogP contribution < -0.4 is 0 Å². The van der Waals surface area contributed by atoms with Crippen molar-refractivity contribution in [3.63, 3.8) is 0 Å². The van der Waals surface area contributed by atoms with E-state index in [0.29, 0.717) is 24.1 Å². The maximum atomic E-state index is 12.3. The number of phosphoric ester groups is 1. The molecular formula is C36H67NO7P+. The average molecular weight is 657 g/mol. The van der Waals surface area contributed by atoms with E-state index in [1.807, 2.05) is 21.1 Å². The summed E-state index contributed by atoms with van der Waals surface area (Å²) in [5, 5.41) is 0. The van der Waals surface area contributed by atoms with Crippen LogP contribution >= 0.6 is 7.82 Å². The number of unbranched alkanes of at least 4 members (excludes halogenated alkanes) is 9. The Bertz CT molecular complexity index is 864. The predicted octanol–water partition coefficient (Wildman–Crippen LogP) is 9.26. The lowest BCUT2D eigenvalue weighted by molar-refractivity contribution is -0.870. The maximum Gasteiger partial charge on any atom is 0.472 e. The fourth-order valence-corrected chi connectivity index (χ4v) is 4.93. The van der Waals surface area contributed by atoms with Crippen LogP contribution in [0.25, 0.3) is 0 Å². The number of hydrogen-bond acceptors (Lipinski definition) is 6. The van der Waals surface area contributed by atoms with Gasteiger partial charge < -0.3 is 18.9 Å². The highest BCUT2D eigenvalue weighted by Gasteiger charge is 2.26. The monoisotopic (exact) mass is 656 g/mol. The molecule has 262 valence electrons. The summed E-state index contributed by atoms with van der Waals surface area (Å²) in [4.78, 5) is 22.3. The molecule has 0 aliphatic heterocycles. The zero-order valence-electron chi connectivity index (χ0n) is 29.3. The van der Waals surface area contributed by atoms with Gasteiger partial charge in [-0.05, 0) is 51.4 Å². The molecule has 0 heterocycles. The number of carbonyl (C=O) groups is 1. The van der Waals surface area contributed by atoms with Crippen molar-refractivity contribution in [1.82, 2.24) is 0 Å². The first kappa shape index (κ1) is 43.5. The lowest BCUT2D eigenvalue weighted by atomic mass is 10.1. The van der Waals surface area contributed by atoms with Crippen LogP contribution in [-0.2, 0) is 27.9 Å². The van der Waals surface area contributed by atoms with Crippen LogP contribution in [0.15, 0.2) is 48.6 Å². The molecule has 0 spiro atoms. The second-order valence-corrected chi connectivity index (χ2v) is 14.0. The zero-order valence-corrected chi connectivity index (χ0v) is 30.2. The number of hydrogen-bond donors (Lipinski definition) is 1. The molecule has 0 radical (unpaired) electrons. The number of carbonyl (C=O) groups excluding carboxylic acids is 1. The van der Waals surface area contributed by atoms with Crippen molar-refractivity contribution in [3.05, 3.63) is 48.6 Å². The van der Waals surface area contributed by atoms with Crippen LogP contribution in [-0.4, -0.2) is 75.6 Å². The molecule has 0 saturated carbocycles. The number of ether oxygens (including phenoxy) is 2. The molecule has 45 heavy (non-hydrogen) atoms. The summed E-state index contributed by atoms with van der Waals surface area (Å²) in [5.74, 6) is -0.346. The first-order valence-electron chi connectivity index (χ1n) is 17.4. The minimum atomic E-state index is -4.25. The van der Waals surface area contributed by atoms with Gasteiger partial charge in [0.05, 0.1) is 34.4 Å². The summed E-state index contributed by atoms with van der Waals surface area (Å²) in [7, 11) is 1.65. The first-order valence-corrected chi connectivity index (χ1v) is 18.9. The molecule has 0 aromatic rings. The van der Waals surface area contributed by atoms with Gasteiger partial charge in [0, 0.05) is 13.0 Å². The number of rotatable bonds is 31. The number of likely N-dealkylation sites (N-methyl/N-ethyl adjacent to an activating group) is 1. The minimum Gasteiger partial charge on any atom is -0.457 e. The molecule has 0 aromatic carbocycles. The lowest BCUT2D eigenvalue weighted by Crippen LogP contribution is -2.37. The average Bonchev–Trinajstić information content (AvgIpc) is 2.97. The van der Waals surface area contributed by atoms with Crippen LogP contribution in [0, 0.1) is 0 Å². The van der Waals surface area contributed by atoms with Crippen LogP contribution in [0.3, 0.4) is 0 Å². The number of allylic oxidation sites excluding steroid dienone is 8.